The van der Waals surface area contributed by atoms with Crippen molar-refractivity contribution in [3.05, 3.63) is 18.2 Å². The SMILES string of the molecule is Cn1ccnc1CCNC1CCCC1CCl. The first-order valence-corrected chi connectivity index (χ1v) is 6.60. The van der Waals surface area contributed by atoms with Crippen LogP contribution in [0.2, 0.25) is 0 Å². The van der Waals surface area contributed by atoms with Gasteiger partial charge in [-0.25, -0.2) is 4.98 Å². The summed E-state index contributed by atoms with van der Waals surface area (Å²) in [4.78, 5) is 4.32. The second-order valence-corrected chi connectivity index (χ2v) is 4.92. The van der Waals surface area contributed by atoms with E-state index in [9.17, 15) is 0 Å². The first-order chi connectivity index (χ1) is 7.81. The molecule has 0 aliphatic heterocycles. The summed E-state index contributed by atoms with van der Waals surface area (Å²) in [6.45, 7) is 1.00. The average molecular weight is 242 g/mol. The fourth-order valence-electron chi connectivity index (χ4n) is 2.50. The van der Waals surface area contributed by atoms with E-state index in [1.807, 2.05) is 19.4 Å². The zero-order chi connectivity index (χ0) is 11.4. The monoisotopic (exact) mass is 241 g/mol. The first kappa shape index (κ1) is 11.9. The highest BCUT2D eigenvalue weighted by atomic mass is 35.5. The van der Waals surface area contributed by atoms with Gasteiger partial charge in [-0.2, -0.15) is 0 Å². The van der Waals surface area contributed by atoms with Gasteiger partial charge in [0.05, 0.1) is 0 Å². The molecule has 0 aromatic carbocycles. The standard InChI is InChI=1S/C12H20ClN3/c1-16-8-7-15-12(16)5-6-14-11-4-2-3-10(11)9-13/h7-8,10-11,14H,2-6,9H2,1H3. The van der Waals surface area contributed by atoms with Crippen molar-refractivity contribution in [2.75, 3.05) is 12.4 Å². The Morgan fingerprint density at radius 2 is 2.44 bits per heavy atom. The molecule has 1 aromatic rings. The van der Waals surface area contributed by atoms with Gasteiger partial charge in [0, 0.05) is 44.3 Å². The number of imidazole rings is 1. The zero-order valence-corrected chi connectivity index (χ0v) is 10.6. The Labute approximate surface area is 102 Å². The van der Waals surface area contributed by atoms with E-state index in [0.717, 1.165) is 24.7 Å². The maximum Gasteiger partial charge on any atom is 0.109 e. The lowest BCUT2D eigenvalue weighted by atomic mass is 10.1. The lowest BCUT2D eigenvalue weighted by Crippen LogP contribution is -2.34. The van der Waals surface area contributed by atoms with Crippen LogP contribution >= 0.6 is 11.6 Å². The number of aryl methyl sites for hydroxylation is 1. The zero-order valence-electron chi connectivity index (χ0n) is 9.82. The van der Waals surface area contributed by atoms with Crippen LogP contribution in [0, 0.1) is 5.92 Å². The van der Waals surface area contributed by atoms with Gasteiger partial charge in [0.25, 0.3) is 0 Å². The first-order valence-electron chi connectivity index (χ1n) is 6.07. The quantitative estimate of drug-likeness (QED) is 0.799. The molecule has 1 aliphatic rings. The molecule has 1 aromatic heterocycles. The maximum absolute atomic E-state index is 5.95. The van der Waals surface area contributed by atoms with Crippen molar-refractivity contribution in [3.8, 4) is 0 Å². The summed E-state index contributed by atoms with van der Waals surface area (Å²) >= 11 is 5.95. The van der Waals surface area contributed by atoms with Crippen molar-refractivity contribution in [1.82, 2.24) is 14.9 Å². The highest BCUT2D eigenvalue weighted by Gasteiger charge is 2.25. The van der Waals surface area contributed by atoms with E-state index >= 15 is 0 Å². The van der Waals surface area contributed by atoms with Gasteiger partial charge >= 0.3 is 0 Å². The Balaban J connectivity index is 1.74. The highest BCUT2D eigenvalue weighted by molar-refractivity contribution is 6.18. The molecule has 3 nitrogen and oxygen atoms in total. The molecule has 0 bridgehead atoms. The summed E-state index contributed by atoms with van der Waals surface area (Å²) in [5.41, 5.74) is 0. The number of rotatable bonds is 5. The molecule has 2 unspecified atom stereocenters. The lowest BCUT2D eigenvalue weighted by Gasteiger charge is -2.18. The average Bonchev–Trinajstić information content (AvgIpc) is 2.88. The second-order valence-electron chi connectivity index (χ2n) is 4.61. The lowest BCUT2D eigenvalue weighted by molar-refractivity contribution is 0.431. The van der Waals surface area contributed by atoms with Crippen LogP contribution in [-0.2, 0) is 13.5 Å². The van der Waals surface area contributed by atoms with Gasteiger partial charge in [0.2, 0.25) is 0 Å². The molecule has 0 radical (unpaired) electrons. The number of nitrogens with one attached hydrogen (secondary N) is 1. The fourth-order valence-corrected chi connectivity index (χ4v) is 2.87. The Hall–Kier alpha value is -0.540. The van der Waals surface area contributed by atoms with Crippen molar-refractivity contribution in [3.63, 3.8) is 0 Å². The molecular weight excluding hydrogens is 222 g/mol. The molecule has 1 aliphatic carbocycles. The van der Waals surface area contributed by atoms with Gasteiger partial charge in [0.1, 0.15) is 5.82 Å². The summed E-state index contributed by atoms with van der Waals surface area (Å²) in [5, 5.41) is 3.61. The number of hydrogen-bond acceptors (Lipinski definition) is 2. The second kappa shape index (κ2) is 5.69. The molecule has 0 spiro atoms. The predicted octanol–water partition coefficient (Wildman–Crippen LogP) is 1.96. The van der Waals surface area contributed by atoms with Gasteiger partial charge in [0.15, 0.2) is 0 Å². The van der Waals surface area contributed by atoms with Crippen LogP contribution in [-0.4, -0.2) is 28.0 Å². The molecule has 1 heterocycles. The third-order valence-corrected chi connectivity index (χ3v) is 3.93. The normalized spacial score (nSPS) is 25.1. The fraction of sp³-hybridized carbons (Fsp3) is 0.750. The molecule has 90 valence electrons. The topological polar surface area (TPSA) is 29.9 Å². The van der Waals surface area contributed by atoms with Crippen LogP contribution < -0.4 is 5.32 Å². The maximum atomic E-state index is 5.95. The van der Waals surface area contributed by atoms with Gasteiger partial charge < -0.3 is 9.88 Å². The summed E-state index contributed by atoms with van der Waals surface area (Å²) in [5.74, 6) is 2.61. The summed E-state index contributed by atoms with van der Waals surface area (Å²) in [6, 6.07) is 0.623. The molecule has 16 heavy (non-hydrogen) atoms. The number of hydrogen-bond donors (Lipinski definition) is 1. The Morgan fingerprint density at radius 1 is 1.56 bits per heavy atom. The van der Waals surface area contributed by atoms with Crippen LogP contribution in [0.15, 0.2) is 12.4 Å². The minimum Gasteiger partial charge on any atom is -0.338 e. The molecular formula is C12H20ClN3. The summed E-state index contributed by atoms with van der Waals surface area (Å²) in [7, 11) is 2.04. The van der Waals surface area contributed by atoms with Crippen LogP contribution in [0.25, 0.3) is 0 Å². The van der Waals surface area contributed by atoms with E-state index < -0.39 is 0 Å². The molecule has 0 amide bonds. The summed E-state index contributed by atoms with van der Waals surface area (Å²) < 4.78 is 2.08. The van der Waals surface area contributed by atoms with Gasteiger partial charge in [-0.05, 0) is 18.8 Å². The molecule has 2 rings (SSSR count). The smallest absolute Gasteiger partial charge is 0.109 e. The Kier molecular flexibility index (Phi) is 4.24. The number of nitrogens with zero attached hydrogens (tertiary/aromatic N) is 2. The van der Waals surface area contributed by atoms with Gasteiger partial charge in [-0.1, -0.05) is 6.42 Å². The Bertz CT molecular complexity index is 324. The largest absolute Gasteiger partial charge is 0.338 e. The molecule has 4 heteroatoms. The highest BCUT2D eigenvalue weighted by Crippen LogP contribution is 2.26. The van der Waals surface area contributed by atoms with Gasteiger partial charge in [-0.3, -0.25) is 0 Å². The van der Waals surface area contributed by atoms with Crippen molar-refractivity contribution in [2.45, 2.75) is 31.7 Å². The minimum atomic E-state index is 0.623. The number of halogens is 1. The van der Waals surface area contributed by atoms with E-state index in [0.29, 0.717) is 12.0 Å². The van der Waals surface area contributed by atoms with E-state index in [1.54, 1.807) is 0 Å². The predicted molar refractivity (Wildman–Crippen MR) is 66.8 cm³/mol. The molecule has 2 atom stereocenters. The minimum absolute atomic E-state index is 0.623. The third kappa shape index (κ3) is 2.77. The van der Waals surface area contributed by atoms with Gasteiger partial charge in [-0.15, -0.1) is 11.6 Å². The van der Waals surface area contributed by atoms with Crippen LogP contribution in [0.4, 0.5) is 0 Å². The van der Waals surface area contributed by atoms with E-state index in [-0.39, 0.29) is 0 Å². The van der Waals surface area contributed by atoms with Crippen LogP contribution in [0.1, 0.15) is 25.1 Å². The molecule has 0 saturated heterocycles. The molecule has 1 saturated carbocycles. The van der Waals surface area contributed by atoms with Crippen molar-refractivity contribution < 1.29 is 0 Å². The van der Waals surface area contributed by atoms with Crippen LogP contribution in [0.3, 0.4) is 0 Å². The van der Waals surface area contributed by atoms with Crippen molar-refractivity contribution >= 4 is 11.6 Å². The summed E-state index contributed by atoms with van der Waals surface area (Å²) in [6.07, 6.45) is 8.72. The van der Waals surface area contributed by atoms with Crippen molar-refractivity contribution in [1.29, 1.82) is 0 Å². The third-order valence-electron chi connectivity index (χ3n) is 3.53. The molecule has 1 N–H and O–H groups in total. The van der Waals surface area contributed by atoms with Crippen molar-refractivity contribution in [2.24, 2.45) is 13.0 Å². The van der Waals surface area contributed by atoms with Crippen LogP contribution in [0.5, 0.6) is 0 Å². The Morgan fingerprint density at radius 3 is 3.12 bits per heavy atom. The number of alkyl halides is 1. The number of aromatic nitrogens is 2. The molecule has 1 fully saturated rings. The van der Waals surface area contributed by atoms with E-state index in [4.69, 9.17) is 11.6 Å². The van der Waals surface area contributed by atoms with E-state index in [1.165, 1.54) is 19.3 Å². The van der Waals surface area contributed by atoms with E-state index in [2.05, 4.69) is 14.9 Å².